The van der Waals surface area contributed by atoms with E-state index in [1.807, 2.05) is 12.1 Å². The molecule has 3 nitrogen and oxygen atoms in total. The normalized spacial score (nSPS) is 21.1. The van der Waals surface area contributed by atoms with Crippen molar-refractivity contribution < 1.29 is 5.11 Å². The van der Waals surface area contributed by atoms with Crippen molar-refractivity contribution in [3.8, 4) is 0 Å². The fourth-order valence-electron chi connectivity index (χ4n) is 2.44. The Morgan fingerprint density at radius 2 is 2.38 bits per heavy atom. The summed E-state index contributed by atoms with van der Waals surface area (Å²) < 4.78 is 0. The van der Waals surface area contributed by atoms with Crippen LogP contribution >= 0.6 is 0 Å². The molecule has 1 saturated heterocycles. The fraction of sp³-hybridized carbons (Fsp3) is 0.615. The van der Waals surface area contributed by atoms with E-state index in [0.29, 0.717) is 6.04 Å². The lowest BCUT2D eigenvalue weighted by atomic mass is 10.00. The van der Waals surface area contributed by atoms with Crippen molar-refractivity contribution >= 4 is 5.82 Å². The van der Waals surface area contributed by atoms with Crippen LogP contribution in [0.25, 0.3) is 0 Å². The van der Waals surface area contributed by atoms with Gasteiger partial charge in [0.25, 0.3) is 0 Å². The summed E-state index contributed by atoms with van der Waals surface area (Å²) in [5.74, 6) is 1.03. The number of piperidine rings is 1. The van der Waals surface area contributed by atoms with Crippen molar-refractivity contribution in [3.63, 3.8) is 0 Å². The number of nitrogens with zero attached hydrogens (tertiary/aromatic N) is 2. The molecule has 0 amide bonds. The number of aromatic nitrogens is 1. The molecule has 0 radical (unpaired) electrons. The topological polar surface area (TPSA) is 36.4 Å². The van der Waals surface area contributed by atoms with Gasteiger partial charge in [0.15, 0.2) is 0 Å². The van der Waals surface area contributed by atoms with Crippen molar-refractivity contribution in [2.75, 3.05) is 11.4 Å². The number of rotatable bonds is 3. The molecule has 3 heteroatoms. The largest absolute Gasteiger partial charge is 0.392 e. The van der Waals surface area contributed by atoms with Gasteiger partial charge in [0.05, 0.1) is 6.61 Å². The average molecular weight is 220 g/mol. The minimum Gasteiger partial charge on any atom is -0.392 e. The molecule has 0 aromatic carbocycles. The number of anilines is 1. The Balaban J connectivity index is 2.20. The summed E-state index contributed by atoms with van der Waals surface area (Å²) in [6, 6.07) is 4.50. The summed E-state index contributed by atoms with van der Waals surface area (Å²) in [4.78, 5) is 6.82. The van der Waals surface area contributed by atoms with Crippen LogP contribution in [0.4, 0.5) is 5.82 Å². The van der Waals surface area contributed by atoms with E-state index < -0.39 is 0 Å². The maximum atomic E-state index is 9.14. The van der Waals surface area contributed by atoms with Gasteiger partial charge in [0.2, 0.25) is 0 Å². The van der Waals surface area contributed by atoms with Crippen molar-refractivity contribution in [1.82, 2.24) is 4.98 Å². The quantitative estimate of drug-likeness (QED) is 0.849. The minimum absolute atomic E-state index is 0.0974. The van der Waals surface area contributed by atoms with Crippen LogP contribution in [0, 0.1) is 0 Å². The number of hydrogen-bond acceptors (Lipinski definition) is 3. The molecule has 0 aliphatic carbocycles. The monoisotopic (exact) mass is 220 g/mol. The van der Waals surface area contributed by atoms with E-state index in [2.05, 4.69) is 16.8 Å². The first kappa shape index (κ1) is 11.4. The summed E-state index contributed by atoms with van der Waals surface area (Å²) >= 11 is 0. The second kappa shape index (κ2) is 5.30. The van der Waals surface area contributed by atoms with Crippen molar-refractivity contribution in [2.24, 2.45) is 0 Å². The molecule has 2 heterocycles. The maximum absolute atomic E-state index is 9.14. The Kier molecular flexibility index (Phi) is 3.78. The molecule has 1 aromatic heterocycles. The van der Waals surface area contributed by atoms with Gasteiger partial charge in [0, 0.05) is 18.8 Å². The summed E-state index contributed by atoms with van der Waals surface area (Å²) in [7, 11) is 0. The molecule has 1 fully saturated rings. The van der Waals surface area contributed by atoms with E-state index in [4.69, 9.17) is 5.11 Å². The van der Waals surface area contributed by atoms with Gasteiger partial charge in [-0.3, -0.25) is 0 Å². The zero-order valence-electron chi connectivity index (χ0n) is 9.89. The molecular weight excluding hydrogens is 200 g/mol. The molecule has 88 valence electrons. The van der Waals surface area contributed by atoms with E-state index in [9.17, 15) is 0 Å². The van der Waals surface area contributed by atoms with Gasteiger partial charge < -0.3 is 10.0 Å². The predicted octanol–water partition coefficient (Wildman–Crippen LogP) is 2.34. The van der Waals surface area contributed by atoms with Crippen molar-refractivity contribution in [3.05, 3.63) is 23.9 Å². The highest BCUT2D eigenvalue weighted by molar-refractivity contribution is 5.42. The first-order valence-electron chi connectivity index (χ1n) is 6.17. The molecule has 1 aliphatic rings. The lowest BCUT2D eigenvalue weighted by Crippen LogP contribution is -2.39. The second-order valence-corrected chi connectivity index (χ2v) is 4.43. The number of aliphatic hydroxyl groups excluding tert-OH is 1. The SMILES string of the molecule is CCC1CCCCN1c1cc(CO)ccn1. The lowest BCUT2D eigenvalue weighted by molar-refractivity contribution is 0.281. The fourth-order valence-corrected chi connectivity index (χ4v) is 2.44. The third-order valence-corrected chi connectivity index (χ3v) is 3.39. The zero-order chi connectivity index (χ0) is 11.4. The van der Waals surface area contributed by atoms with Crippen LogP contribution in [0.1, 0.15) is 38.2 Å². The number of hydrogen-bond donors (Lipinski definition) is 1. The Morgan fingerprint density at radius 1 is 1.50 bits per heavy atom. The average Bonchev–Trinajstić information content (AvgIpc) is 2.38. The van der Waals surface area contributed by atoms with Crippen LogP contribution < -0.4 is 4.90 Å². The number of aliphatic hydroxyl groups is 1. The molecule has 2 rings (SSSR count). The van der Waals surface area contributed by atoms with Gasteiger partial charge >= 0.3 is 0 Å². The first-order chi connectivity index (χ1) is 7.85. The van der Waals surface area contributed by atoms with E-state index >= 15 is 0 Å². The molecule has 1 aliphatic heterocycles. The van der Waals surface area contributed by atoms with Gasteiger partial charge in [-0.15, -0.1) is 0 Å². The molecule has 1 N–H and O–H groups in total. The van der Waals surface area contributed by atoms with E-state index in [-0.39, 0.29) is 6.61 Å². The first-order valence-corrected chi connectivity index (χ1v) is 6.17. The van der Waals surface area contributed by atoms with Crippen LogP contribution in [-0.2, 0) is 6.61 Å². The van der Waals surface area contributed by atoms with Crippen LogP contribution in [0.3, 0.4) is 0 Å². The van der Waals surface area contributed by atoms with Gasteiger partial charge in [-0.1, -0.05) is 6.92 Å². The van der Waals surface area contributed by atoms with Crippen LogP contribution in [-0.4, -0.2) is 22.7 Å². The van der Waals surface area contributed by atoms with E-state index in [1.54, 1.807) is 6.20 Å². The van der Waals surface area contributed by atoms with Crippen LogP contribution in [0.5, 0.6) is 0 Å². The zero-order valence-corrected chi connectivity index (χ0v) is 9.89. The number of pyridine rings is 1. The van der Waals surface area contributed by atoms with Crippen molar-refractivity contribution in [2.45, 2.75) is 45.3 Å². The molecule has 0 spiro atoms. The Morgan fingerprint density at radius 3 is 3.12 bits per heavy atom. The Labute approximate surface area is 97.1 Å². The molecule has 1 atom stereocenters. The minimum atomic E-state index is 0.0974. The molecule has 0 bridgehead atoms. The molecule has 1 unspecified atom stereocenters. The highest BCUT2D eigenvalue weighted by Gasteiger charge is 2.21. The smallest absolute Gasteiger partial charge is 0.129 e. The molecular formula is C13H20N2O. The molecule has 0 saturated carbocycles. The highest BCUT2D eigenvalue weighted by Crippen LogP contribution is 2.25. The van der Waals surface area contributed by atoms with Gasteiger partial charge in [-0.25, -0.2) is 4.98 Å². The third-order valence-electron chi connectivity index (χ3n) is 3.39. The highest BCUT2D eigenvalue weighted by atomic mass is 16.3. The Bertz CT molecular complexity index is 340. The third kappa shape index (κ3) is 2.35. The van der Waals surface area contributed by atoms with Gasteiger partial charge in [-0.2, -0.15) is 0 Å². The van der Waals surface area contributed by atoms with Crippen LogP contribution in [0.15, 0.2) is 18.3 Å². The maximum Gasteiger partial charge on any atom is 0.129 e. The molecule has 16 heavy (non-hydrogen) atoms. The second-order valence-electron chi connectivity index (χ2n) is 4.43. The van der Waals surface area contributed by atoms with Gasteiger partial charge in [-0.05, 0) is 43.4 Å². The van der Waals surface area contributed by atoms with Crippen molar-refractivity contribution in [1.29, 1.82) is 0 Å². The molecule has 1 aromatic rings. The summed E-state index contributed by atoms with van der Waals surface area (Å²) in [5.41, 5.74) is 0.949. The van der Waals surface area contributed by atoms with E-state index in [1.165, 1.54) is 25.7 Å². The standard InChI is InChI=1S/C13H20N2O/c1-2-12-5-3-4-8-15(12)13-9-11(10-16)6-7-14-13/h6-7,9,12,16H,2-5,8,10H2,1H3. The van der Waals surface area contributed by atoms with Crippen LogP contribution in [0.2, 0.25) is 0 Å². The summed E-state index contributed by atoms with van der Waals surface area (Å²) in [5, 5.41) is 9.14. The lowest BCUT2D eigenvalue weighted by Gasteiger charge is -2.36. The predicted molar refractivity (Wildman–Crippen MR) is 65.4 cm³/mol. The summed E-state index contributed by atoms with van der Waals surface area (Å²) in [6.45, 7) is 3.43. The van der Waals surface area contributed by atoms with Gasteiger partial charge in [0.1, 0.15) is 5.82 Å². The summed E-state index contributed by atoms with van der Waals surface area (Å²) in [6.07, 6.45) is 6.81. The Hall–Kier alpha value is -1.09. The van der Waals surface area contributed by atoms with E-state index in [0.717, 1.165) is 17.9 Å².